The van der Waals surface area contributed by atoms with E-state index in [-0.39, 0.29) is 28.4 Å². The van der Waals surface area contributed by atoms with Crippen molar-refractivity contribution in [3.05, 3.63) is 131 Å². The zero-order valence-corrected chi connectivity index (χ0v) is 25.0. The van der Waals surface area contributed by atoms with E-state index in [0.717, 1.165) is 5.56 Å². The molecule has 5 rings (SSSR count). The van der Waals surface area contributed by atoms with Crippen molar-refractivity contribution >= 4 is 45.1 Å². The molecule has 0 saturated heterocycles. The highest BCUT2D eigenvalue weighted by molar-refractivity contribution is 7.90. The van der Waals surface area contributed by atoms with Crippen LogP contribution in [0.15, 0.2) is 114 Å². The molecule has 3 amide bonds. The van der Waals surface area contributed by atoms with Crippen molar-refractivity contribution < 1.29 is 22.7 Å². The molecule has 0 aliphatic heterocycles. The Labute approximate surface area is 264 Å². The van der Waals surface area contributed by atoms with Gasteiger partial charge in [-0.25, -0.2) is 22.6 Å². The molecule has 0 bridgehead atoms. The topological polar surface area (TPSA) is 155 Å². The molecule has 226 valence electrons. The average Bonchev–Trinajstić information content (AvgIpc) is 3.37. The smallest absolute Gasteiger partial charge is 0.334 e. The lowest BCUT2D eigenvalue weighted by atomic mass is 10.2. The number of hydrogen-bond donors (Lipinski definition) is 3. The Balaban J connectivity index is 1.32. The molecule has 0 aliphatic carbocycles. The number of anilines is 2. The van der Waals surface area contributed by atoms with E-state index in [9.17, 15) is 23.3 Å². The van der Waals surface area contributed by atoms with Gasteiger partial charge in [0, 0.05) is 10.7 Å². The van der Waals surface area contributed by atoms with Gasteiger partial charge in [0.2, 0.25) is 5.91 Å². The van der Waals surface area contributed by atoms with Crippen molar-refractivity contribution in [1.29, 1.82) is 5.26 Å². The van der Waals surface area contributed by atoms with Gasteiger partial charge in [-0.2, -0.15) is 10.4 Å². The number of halogens is 1. The van der Waals surface area contributed by atoms with E-state index >= 15 is 0 Å². The molecule has 5 aromatic rings. The van der Waals surface area contributed by atoms with Crippen molar-refractivity contribution in [3.63, 3.8) is 0 Å². The number of carbonyl (C=O) groups is 2. The molecule has 0 saturated carbocycles. The van der Waals surface area contributed by atoms with Crippen molar-refractivity contribution in [2.45, 2.75) is 17.9 Å². The molecule has 0 spiro atoms. The molecule has 13 heteroatoms. The number of rotatable bonds is 10. The molecular formula is C32H25ClN6O5S. The van der Waals surface area contributed by atoms with E-state index in [1.54, 1.807) is 54.6 Å². The summed E-state index contributed by atoms with van der Waals surface area (Å²) < 4.78 is 34.4. The molecule has 0 aliphatic rings. The van der Waals surface area contributed by atoms with E-state index in [4.69, 9.17) is 16.3 Å². The van der Waals surface area contributed by atoms with Gasteiger partial charge in [0.15, 0.2) is 5.82 Å². The van der Waals surface area contributed by atoms with Crippen LogP contribution < -0.4 is 20.1 Å². The van der Waals surface area contributed by atoms with E-state index < -0.39 is 22.0 Å². The highest BCUT2D eigenvalue weighted by atomic mass is 35.5. The Morgan fingerprint density at radius 2 is 1.51 bits per heavy atom. The Bertz CT molecular complexity index is 1960. The number of hydrogen-bond acceptors (Lipinski definition) is 7. The number of nitrogens with one attached hydrogen (secondary N) is 3. The van der Waals surface area contributed by atoms with Crippen molar-refractivity contribution in [1.82, 2.24) is 14.5 Å². The Morgan fingerprint density at radius 3 is 2.16 bits per heavy atom. The Hall–Kier alpha value is -5.64. The van der Waals surface area contributed by atoms with E-state index in [1.807, 2.05) is 41.1 Å². The number of nitrogens with zero attached hydrogens (tertiary/aromatic N) is 3. The monoisotopic (exact) mass is 640 g/mol. The van der Waals surface area contributed by atoms with Crippen LogP contribution in [0, 0.1) is 11.3 Å². The fraction of sp³-hybridized carbons (Fsp3) is 0.0625. The lowest BCUT2D eigenvalue weighted by Crippen LogP contribution is -2.35. The van der Waals surface area contributed by atoms with Gasteiger partial charge in [-0.15, -0.1) is 0 Å². The molecule has 3 N–H and O–H groups in total. The SMILES string of the molecule is N#Cc1c(CC(=O)Nc2ccc(OCc3ccccc3)cc2)nn(-c2ccccc2)c1NC(=O)NS(=O)(=O)c1ccc(Cl)cc1. The standard InChI is InChI=1S/C32H25ClN6O5S/c33-23-11-17-27(18-12-23)45(42,43)38-32(41)36-31-28(20-34)29(37-39(31)25-9-5-2-6-10-25)19-30(40)35-24-13-15-26(16-14-24)44-21-22-7-3-1-4-8-22/h1-18H,19,21H2,(H,35,40)(H2,36,38,41). The first-order chi connectivity index (χ1) is 21.7. The van der Waals surface area contributed by atoms with Crippen LogP contribution >= 0.6 is 11.6 Å². The van der Waals surface area contributed by atoms with Gasteiger partial charge < -0.3 is 10.1 Å². The van der Waals surface area contributed by atoms with E-state index in [0.29, 0.717) is 28.8 Å². The molecule has 11 nitrogen and oxygen atoms in total. The number of nitriles is 1. The summed E-state index contributed by atoms with van der Waals surface area (Å²) in [5, 5.41) is 20.0. The summed E-state index contributed by atoms with van der Waals surface area (Å²) in [5.41, 5.74) is 1.93. The minimum absolute atomic E-state index is 0.0672. The van der Waals surface area contributed by atoms with Gasteiger partial charge in [0.25, 0.3) is 10.0 Å². The maximum atomic E-state index is 13.0. The number of benzene rings is 4. The van der Waals surface area contributed by atoms with Gasteiger partial charge in [-0.05, 0) is 66.2 Å². The lowest BCUT2D eigenvalue weighted by molar-refractivity contribution is -0.115. The third-order valence-electron chi connectivity index (χ3n) is 6.37. The maximum Gasteiger partial charge on any atom is 0.334 e. The summed E-state index contributed by atoms with van der Waals surface area (Å²) in [7, 11) is -4.27. The van der Waals surface area contributed by atoms with Crippen LogP contribution in [-0.2, 0) is 27.8 Å². The minimum atomic E-state index is -4.27. The molecule has 1 heterocycles. The zero-order chi connectivity index (χ0) is 31.8. The zero-order valence-electron chi connectivity index (χ0n) is 23.5. The van der Waals surface area contributed by atoms with E-state index in [2.05, 4.69) is 15.7 Å². The fourth-order valence-corrected chi connectivity index (χ4v) is 5.27. The number of aromatic nitrogens is 2. The van der Waals surface area contributed by atoms with Gasteiger partial charge in [-0.1, -0.05) is 60.1 Å². The summed E-state index contributed by atoms with van der Waals surface area (Å²) in [6, 6.07) is 31.2. The number of carbonyl (C=O) groups excluding carboxylic acids is 2. The first-order valence-electron chi connectivity index (χ1n) is 13.5. The molecule has 45 heavy (non-hydrogen) atoms. The third-order valence-corrected chi connectivity index (χ3v) is 7.97. The second kappa shape index (κ2) is 13.8. The maximum absolute atomic E-state index is 13.0. The summed E-state index contributed by atoms with van der Waals surface area (Å²) in [6.07, 6.45) is -0.311. The van der Waals surface area contributed by atoms with Crippen LogP contribution in [-0.4, -0.2) is 30.1 Å². The van der Waals surface area contributed by atoms with Crippen LogP contribution in [0.1, 0.15) is 16.8 Å². The van der Waals surface area contributed by atoms with Crippen molar-refractivity contribution in [2.24, 2.45) is 0 Å². The molecule has 0 fully saturated rings. The predicted octanol–water partition coefficient (Wildman–Crippen LogP) is 5.67. The van der Waals surface area contributed by atoms with Gasteiger partial charge in [0.1, 0.15) is 24.0 Å². The normalized spacial score (nSPS) is 10.8. The fourth-order valence-electron chi connectivity index (χ4n) is 4.24. The lowest BCUT2D eigenvalue weighted by Gasteiger charge is -2.11. The molecular weight excluding hydrogens is 616 g/mol. The number of urea groups is 1. The Kier molecular flexibility index (Phi) is 9.43. The van der Waals surface area contributed by atoms with Crippen LogP contribution in [0.5, 0.6) is 5.75 Å². The number of para-hydroxylation sites is 1. The first kappa shape index (κ1) is 30.8. The number of amides is 3. The molecule has 4 aromatic carbocycles. The summed E-state index contributed by atoms with van der Waals surface area (Å²) in [4.78, 5) is 25.7. The highest BCUT2D eigenvalue weighted by Crippen LogP contribution is 2.25. The molecule has 0 unspecified atom stereocenters. The molecule has 1 aromatic heterocycles. The Morgan fingerprint density at radius 1 is 0.867 bits per heavy atom. The third kappa shape index (κ3) is 7.85. The minimum Gasteiger partial charge on any atom is -0.489 e. The van der Waals surface area contributed by atoms with Crippen molar-refractivity contribution in [2.75, 3.05) is 10.6 Å². The van der Waals surface area contributed by atoms with Crippen LogP contribution in [0.4, 0.5) is 16.3 Å². The highest BCUT2D eigenvalue weighted by Gasteiger charge is 2.25. The number of ether oxygens (including phenoxy) is 1. The second-order valence-electron chi connectivity index (χ2n) is 9.57. The average molecular weight is 641 g/mol. The number of sulfonamides is 1. The predicted molar refractivity (Wildman–Crippen MR) is 169 cm³/mol. The van der Waals surface area contributed by atoms with Gasteiger partial charge in [-0.3, -0.25) is 10.1 Å². The summed E-state index contributed by atoms with van der Waals surface area (Å²) in [6.45, 7) is 0.398. The van der Waals surface area contributed by atoms with E-state index in [1.165, 1.54) is 28.9 Å². The quantitative estimate of drug-likeness (QED) is 0.178. The summed E-state index contributed by atoms with van der Waals surface area (Å²) in [5.74, 6) is 0.0380. The second-order valence-corrected chi connectivity index (χ2v) is 11.7. The van der Waals surface area contributed by atoms with Crippen LogP contribution in [0.25, 0.3) is 5.69 Å². The van der Waals surface area contributed by atoms with Gasteiger partial charge >= 0.3 is 6.03 Å². The largest absolute Gasteiger partial charge is 0.489 e. The molecule has 0 radical (unpaired) electrons. The van der Waals surface area contributed by atoms with Crippen molar-refractivity contribution in [3.8, 4) is 17.5 Å². The van der Waals surface area contributed by atoms with Crippen LogP contribution in [0.2, 0.25) is 5.02 Å². The van der Waals surface area contributed by atoms with Crippen LogP contribution in [0.3, 0.4) is 0 Å². The first-order valence-corrected chi connectivity index (χ1v) is 15.3. The van der Waals surface area contributed by atoms with Gasteiger partial charge in [0.05, 0.1) is 22.7 Å². The summed E-state index contributed by atoms with van der Waals surface area (Å²) >= 11 is 5.84. The molecule has 0 atom stereocenters.